The molecular formula is C22H25NO2S. The van der Waals surface area contributed by atoms with Crippen LogP contribution in [-0.4, -0.2) is 17.3 Å². The highest BCUT2D eigenvalue weighted by Gasteiger charge is 2.34. The van der Waals surface area contributed by atoms with Crippen molar-refractivity contribution in [2.75, 3.05) is 5.75 Å². The number of thioether (sulfide) groups is 1. The molecule has 0 fully saturated rings. The number of hydrogen-bond donors (Lipinski definition) is 1. The molecule has 0 radical (unpaired) electrons. The van der Waals surface area contributed by atoms with Crippen LogP contribution < -0.4 is 10.1 Å². The summed E-state index contributed by atoms with van der Waals surface area (Å²) in [6.07, 6.45) is 2.58. The second-order valence-electron chi connectivity index (χ2n) is 7.23. The summed E-state index contributed by atoms with van der Waals surface area (Å²) >= 11 is 1.62. The molecule has 1 N–H and O–H groups in total. The summed E-state index contributed by atoms with van der Waals surface area (Å²) in [5.74, 6) is 1.59. The number of ether oxygens (including phenoxy) is 1. The van der Waals surface area contributed by atoms with Gasteiger partial charge in [-0.25, -0.2) is 0 Å². The number of carbonyl (C=O) groups is 1. The highest BCUT2D eigenvalue weighted by atomic mass is 32.2. The molecule has 1 atom stereocenters. The molecule has 4 heteroatoms. The number of fused-ring (bicyclic) bond motifs is 1. The Morgan fingerprint density at radius 2 is 2.12 bits per heavy atom. The van der Waals surface area contributed by atoms with E-state index in [4.69, 9.17) is 4.74 Å². The zero-order valence-electron chi connectivity index (χ0n) is 15.5. The topological polar surface area (TPSA) is 38.3 Å². The number of nitrogens with one attached hydrogen (secondary N) is 1. The van der Waals surface area contributed by atoms with Crippen LogP contribution in [0.4, 0.5) is 0 Å². The molecule has 2 aromatic rings. The molecule has 0 aromatic heterocycles. The molecule has 1 heterocycles. The van der Waals surface area contributed by atoms with Crippen molar-refractivity contribution in [2.45, 2.75) is 43.7 Å². The maximum atomic E-state index is 13.0. The van der Waals surface area contributed by atoms with E-state index in [-0.39, 0.29) is 17.6 Å². The van der Waals surface area contributed by atoms with Crippen LogP contribution in [0.3, 0.4) is 0 Å². The number of aryl methyl sites for hydroxylation is 1. The first-order valence-corrected chi connectivity index (χ1v) is 9.81. The first kappa shape index (κ1) is 18.6. The summed E-state index contributed by atoms with van der Waals surface area (Å²) < 4.78 is 6.13. The Labute approximate surface area is 159 Å². The minimum Gasteiger partial charge on any atom is -0.487 e. The minimum absolute atomic E-state index is 0.0496. The van der Waals surface area contributed by atoms with Gasteiger partial charge in [-0.05, 0) is 44.5 Å². The van der Waals surface area contributed by atoms with Crippen LogP contribution in [-0.2, 0) is 0 Å². The van der Waals surface area contributed by atoms with Crippen LogP contribution in [0.15, 0.2) is 60.0 Å². The molecule has 136 valence electrons. The van der Waals surface area contributed by atoms with Gasteiger partial charge in [-0.2, -0.15) is 0 Å². The van der Waals surface area contributed by atoms with Crippen LogP contribution >= 0.6 is 11.8 Å². The zero-order chi connectivity index (χ0) is 18.7. The van der Waals surface area contributed by atoms with E-state index in [9.17, 15) is 4.79 Å². The maximum absolute atomic E-state index is 13.0. The lowest BCUT2D eigenvalue weighted by Gasteiger charge is -2.38. The normalized spacial score (nSPS) is 17.7. The predicted octanol–water partition coefficient (Wildman–Crippen LogP) is 5.31. The van der Waals surface area contributed by atoms with Gasteiger partial charge in [0.1, 0.15) is 11.4 Å². The minimum atomic E-state index is -0.324. The van der Waals surface area contributed by atoms with Gasteiger partial charge in [0, 0.05) is 22.6 Å². The van der Waals surface area contributed by atoms with E-state index in [2.05, 4.69) is 37.9 Å². The third kappa shape index (κ3) is 4.13. The summed E-state index contributed by atoms with van der Waals surface area (Å²) in [7, 11) is 0. The number of rotatable bonds is 5. The van der Waals surface area contributed by atoms with Crippen molar-refractivity contribution >= 4 is 17.7 Å². The van der Waals surface area contributed by atoms with Crippen LogP contribution in [0, 0.1) is 6.92 Å². The maximum Gasteiger partial charge on any atom is 0.252 e. The Morgan fingerprint density at radius 3 is 2.88 bits per heavy atom. The second kappa shape index (κ2) is 7.58. The lowest BCUT2D eigenvalue weighted by Crippen LogP contribution is -2.41. The molecule has 3 nitrogen and oxygen atoms in total. The molecule has 0 bridgehead atoms. The standard InChI is InChI=1S/C22H25NO2S/c1-5-12-26-20-9-7-6-8-17(20)21(24)23-18-14-22(3,4)25-19-13-15(2)10-11-16(18)19/h5-11,13,18H,1,12,14H2,2-4H3,(H,23,24)/t18-/m1/s1. The van der Waals surface area contributed by atoms with Crippen molar-refractivity contribution in [2.24, 2.45) is 0 Å². The molecule has 2 aromatic carbocycles. The van der Waals surface area contributed by atoms with E-state index in [1.807, 2.05) is 43.3 Å². The molecule has 0 aliphatic carbocycles. The average Bonchev–Trinajstić information content (AvgIpc) is 2.58. The van der Waals surface area contributed by atoms with Gasteiger partial charge in [0.25, 0.3) is 5.91 Å². The SMILES string of the molecule is C=CCSc1ccccc1C(=O)N[C@@H]1CC(C)(C)Oc2cc(C)ccc21. The summed E-state index contributed by atoms with van der Waals surface area (Å²) in [4.78, 5) is 14.0. The van der Waals surface area contributed by atoms with E-state index in [0.717, 1.165) is 33.9 Å². The summed E-state index contributed by atoms with van der Waals surface area (Å²) in [5, 5.41) is 3.23. The van der Waals surface area contributed by atoms with Gasteiger partial charge in [0.05, 0.1) is 11.6 Å². The number of hydrogen-bond acceptors (Lipinski definition) is 3. The van der Waals surface area contributed by atoms with Gasteiger partial charge < -0.3 is 10.1 Å². The molecule has 1 aliphatic rings. The highest BCUT2D eigenvalue weighted by Crippen LogP contribution is 2.40. The molecule has 0 saturated heterocycles. The van der Waals surface area contributed by atoms with Crippen molar-refractivity contribution < 1.29 is 9.53 Å². The van der Waals surface area contributed by atoms with Gasteiger partial charge in [-0.1, -0.05) is 30.3 Å². The molecule has 3 rings (SSSR count). The Hall–Kier alpha value is -2.20. The van der Waals surface area contributed by atoms with E-state index in [1.54, 1.807) is 11.8 Å². The van der Waals surface area contributed by atoms with Crippen LogP contribution in [0.2, 0.25) is 0 Å². The van der Waals surface area contributed by atoms with Crippen LogP contribution in [0.5, 0.6) is 5.75 Å². The Balaban J connectivity index is 1.87. The second-order valence-corrected chi connectivity index (χ2v) is 8.29. The van der Waals surface area contributed by atoms with Crippen molar-refractivity contribution in [1.82, 2.24) is 5.32 Å². The molecule has 0 saturated carbocycles. The fraction of sp³-hybridized carbons (Fsp3) is 0.318. The third-order valence-corrected chi connectivity index (χ3v) is 5.49. The smallest absolute Gasteiger partial charge is 0.252 e. The Morgan fingerprint density at radius 1 is 1.35 bits per heavy atom. The molecule has 0 spiro atoms. The van der Waals surface area contributed by atoms with Gasteiger partial charge in [-0.3, -0.25) is 4.79 Å². The summed E-state index contributed by atoms with van der Waals surface area (Å²) in [5.41, 5.74) is 2.57. The zero-order valence-corrected chi connectivity index (χ0v) is 16.4. The largest absolute Gasteiger partial charge is 0.487 e. The van der Waals surface area contributed by atoms with E-state index in [1.165, 1.54) is 0 Å². The van der Waals surface area contributed by atoms with Gasteiger partial charge >= 0.3 is 0 Å². The molecular weight excluding hydrogens is 342 g/mol. The Kier molecular flexibility index (Phi) is 5.42. The fourth-order valence-electron chi connectivity index (χ4n) is 3.25. The van der Waals surface area contributed by atoms with Gasteiger partial charge in [0.2, 0.25) is 0 Å². The monoisotopic (exact) mass is 367 g/mol. The Bertz CT molecular complexity index is 829. The van der Waals surface area contributed by atoms with E-state index < -0.39 is 0 Å². The number of benzene rings is 2. The molecule has 26 heavy (non-hydrogen) atoms. The van der Waals surface area contributed by atoms with E-state index >= 15 is 0 Å². The highest BCUT2D eigenvalue weighted by molar-refractivity contribution is 7.99. The van der Waals surface area contributed by atoms with Crippen LogP contribution in [0.1, 0.15) is 47.8 Å². The quantitative estimate of drug-likeness (QED) is 0.575. The summed E-state index contributed by atoms with van der Waals surface area (Å²) in [6, 6.07) is 13.8. The van der Waals surface area contributed by atoms with Gasteiger partial charge in [-0.15, -0.1) is 18.3 Å². The average molecular weight is 368 g/mol. The van der Waals surface area contributed by atoms with E-state index in [0.29, 0.717) is 5.56 Å². The lowest BCUT2D eigenvalue weighted by molar-refractivity contribution is 0.0618. The first-order chi connectivity index (χ1) is 12.4. The molecule has 0 unspecified atom stereocenters. The summed E-state index contributed by atoms with van der Waals surface area (Å²) in [6.45, 7) is 9.93. The van der Waals surface area contributed by atoms with Gasteiger partial charge in [0.15, 0.2) is 0 Å². The predicted molar refractivity (Wildman–Crippen MR) is 108 cm³/mol. The molecule has 1 aliphatic heterocycles. The number of carbonyl (C=O) groups excluding carboxylic acids is 1. The molecule has 1 amide bonds. The van der Waals surface area contributed by atoms with Crippen molar-refractivity contribution in [1.29, 1.82) is 0 Å². The third-order valence-electron chi connectivity index (χ3n) is 4.42. The van der Waals surface area contributed by atoms with Crippen molar-refractivity contribution in [3.63, 3.8) is 0 Å². The van der Waals surface area contributed by atoms with Crippen molar-refractivity contribution in [3.05, 3.63) is 71.8 Å². The lowest BCUT2D eigenvalue weighted by atomic mass is 9.89. The number of amides is 1. The van der Waals surface area contributed by atoms with Crippen LogP contribution in [0.25, 0.3) is 0 Å². The first-order valence-electron chi connectivity index (χ1n) is 8.83. The van der Waals surface area contributed by atoms with Crippen molar-refractivity contribution in [3.8, 4) is 5.75 Å². The fourth-order valence-corrected chi connectivity index (χ4v) is 4.04.